The third-order valence-electron chi connectivity index (χ3n) is 3.03. The molecule has 0 saturated heterocycles. The van der Waals surface area contributed by atoms with Gasteiger partial charge in [-0.05, 0) is 42.5 Å². The molecule has 0 heterocycles. The molecule has 0 amide bonds. The van der Waals surface area contributed by atoms with E-state index in [1.54, 1.807) is 18.2 Å². The first kappa shape index (κ1) is 15.7. The Balaban J connectivity index is 2.23. The number of rotatable bonds is 7. The molecule has 0 aliphatic heterocycles. The molecule has 0 aliphatic carbocycles. The molecule has 0 bridgehead atoms. The maximum absolute atomic E-state index is 10.8. The normalized spacial score (nSPS) is 11.5. The lowest BCUT2D eigenvalue weighted by atomic mass is 9.90. The fourth-order valence-corrected chi connectivity index (χ4v) is 1.95. The molecule has 0 fully saturated rings. The average Bonchev–Trinajstić information content (AvgIpc) is 2.32. The molecule has 106 valence electrons. The van der Waals surface area contributed by atoms with Crippen LogP contribution in [-0.2, 0) is 6.54 Å². The van der Waals surface area contributed by atoms with Crippen molar-refractivity contribution in [2.24, 2.45) is 5.41 Å². The third-order valence-corrected chi connectivity index (χ3v) is 3.03. The summed E-state index contributed by atoms with van der Waals surface area (Å²) in [5.74, 6) is -0.868. The quantitative estimate of drug-likeness (QED) is 0.738. The summed E-state index contributed by atoms with van der Waals surface area (Å²) in [5, 5.41) is 12.3. The van der Waals surface area contributed by atoms with Crippen molar-refractivity contribution in [3.63, 3.8) is 0 Å². The van der Waals surface area contributed by atoms with Crippen molar-refractivity contribution in [1.82, 2.24) is 5.32 Å². The second-order valence-electron chi connectivity index (χ2n) is 6.20. The first-order chi connectivity index (χ1) is 8.88. The van der Waals surface area contributed by atoms with Crippen LogP contribution in [0.15, 0.2) is 24.3 Å². The first-order valence-corrected chi connectivity index (χ1v) is 6.91. The van der Waals surface area contributed by atoms with Crippen molar-refractivity contribution in [3.05, 3.63) is 35.4 Å². The van der Waals surface area contributed by atoms with Crippen LogP contribution in [0.1, 0.15) is 56.0 Å². The van der Waals surface area contributed by atoms with Crippen LogP contribution < -0.4 is 5.32 Å². The highest BCUT2D eigenvalue weighted by atomic mass is 16.4. The largest absolute Gasteiger partial charge is 0.478 e. The third kappa shape index (κ3) is 6.97. The highest BCUT2D eigenvalue weighted by molar-refractivity contribution is 5.87. The predicted octanol–water partition coefficient (Wildman–Crippen LogP) is 3.69. The number of carboxylic acid groups (broad SMARTS) is 1. The number of carboxylic acids is 1. The number of aromatic carboxylic acids is 1. The first-order valence-electron chi connectivity index (χ1n) is 6.91. The van der Waals surface area contributed by atoms with E-state index in [0.29, 0.717) is 11.0 Å². The van der Waals surface area contributed by atoms with Crippen molar-refractivity contribution in [1.29, 1.82) is 0 Å². The molecule has 2 N–H and O–H groups in total. The lowest BCUT2D eigenvalue weighted by Crippen LogP contribution is -2.15. The van der Waals surface area contributed by atoms with Crippen molar-refractivity contribution in [2.45, 2.75) is 46.6 Å². The van der Waals surface area contributed by atoms with E-state index in [0.717, 1.165) is 25.1 Å². The zero-order valence-corrected chi connectivity index (χ0v) is 12.2. The topological polar surface area (TPSA) is 49.3 Å². The molecule has 1 rings (SSSR count). The summed E-state index contributed by atoms with van der Waals surface area (Å²) in [7, 11) is 0. The molecule has 0 atom stereocenters. The predicted molar refractivity (Wildman–Crippen MR) is 78.4 cm³/mol. The number of hydrogen-bond acceptors (Lipinski definition) is 2. The summed E-state index contributed by atoms with van der Waals surface area (Å²) in [6, 6.07) is 7.09. The maximum atomic E-state index is 10.8. The standard InChI is InChI=1S/C16H25NO2/c1-16(2,3)9-4-5-10-17-12-13-7-6-8-14(11-13)15(18)19/h6-8,11,17H,4-5,9-10,12H2,1-3H3,(H,18,19). The van der Waals surface area contributed by atoms with Crippen LogP contribution in [0.3, 0.4) is 0 Å². The van der Waals surface area contributed by atoms with Gasteiger partial charge in [0.25, 0.3) is 0 Å². The summed E-state index contributed by atoms with van der Waals surface area (Å²) in [4.78, 5) is 10.8. The Morgan fingerprint density at radius 2 is 2.00 bits per heavy atom. The Morgan fingerprint density at radius 3 is 2.63 bits per heavy atom. The zero-order chi connectivity index (χ0) is 14.3. The molecule has 0 radical (unpaired) electrons. The maximum Gasteiger partial charge on any atom is 0.335 e. The van der Waals surface area contributed by atoms with Crippen molar-refractivity contribution in [3.8, 4) is 0 Å². The molecule has 0 saturated carbocycles. The molecule has 0 aromatic heterocycles. The van der Waals surface area contributed by atoms with E-state index in [1.165, 1.54) is 12.8 Å². The van der Waals surface area contributed by atoms with Crippen LogP contribution in [-0.4, -0.2) is 17.6 Å². The van der Waals surface area contributed by atoms with Crippen molar-refractivity contribution >= 4 is 5.97 Å². The number of hydrogen-bond donors (Lipinski definition) is 2. The fraction of sp³-hybridized carbons (Fsp3) is 0.562. The second-order valence-corrected chi connectivity index (χ2v) is 6.20. The molecule has 0 unspecified atom stereocenters. The molecule has 1 aromatic carbocycles. The summed E-state index contributed by atoms with van der Waals surface area (Å²) < 4.78 is 0. The van der Waals surface area contributed by atoms with Crippen LogP contribution in [0.2, 0.25) is 0 Å². The number of benzene rings is 1. The number of nitrogens with one attached hydrogen (secondary N) is 1. The van der Waals surface area contributed by atoms with Crippen LogP contribution >= 0.6 is 0 Å². The van der Waals surface area contributed by atoms with Gasteiger partial charge < -0.3 is 10.4 Å². The van der Waals surface area contributed by atoms with Gasteiger partial charge in [0.15, 0.2) is 0 Å². The van der Waals surface area contributed by atoms with Gasteiger partial charge in [0, 0.05) is 6.54 Å². The van der Waals surface area contributed by atoms with E-state index in [1.807, 2.05) is 6.07 Å². The second kappa shape index (κ2) is 7.29. The van der Waals surface area contributed by atoms with Gasteiger partial charge in [-0.3, -0.25) is 0 Å². The van der Waals surface area contributed by atoms with Gasteiger partial charge in [-0.25, -0.2) is 4.79 Å². The molecule has 3 nitrogen and oxygen atoms in total. The summed E-state index contributed by atoms with van der Waals surface area (Å²) in [5.41, 5.74) is 1.79. The SMILES string of the molecule is CC(C)(C)CCCCNCc1cccc(C(=O)O)c1. The van der Waals surface area contributed by atoms with Crippen LogP contribution in [0.4, 0.5) is 0 Å². The van der Waals surface area contributed by atoms with Gasteiger partial charge >= 0.3 is 5.97 Å². The molecule has 0 aliphatic rings. The Kier molecular flexibility index (Phi) is 6.03. The van der Waals surface area contributed by atoms with E-state index in [-0.39, 0.29) is 0 Å². The fourth-order valence-electron chi connectivity index (χ4n) is 1.95. The van der Waals surface area contributed by atoms with Gasteiger partial charge in [0.2, 0.25) is 0 Å². The lowest BCUT2D eigenvalue weighted by Gasteiger charge is -2.17. The number of unbranched alkanes of at least 4 members (excludes halogenated alkanes) is 1. The Morgan fingerprint density at radius 1 is 1.26 bits per heavy atom. The van der Waals surface area contributed by atoms with Gasteiger partial charge in [-0.2, -0.15) is 0 Å². The minimum atomic E-state index is -0.868. The van der Waals surface area contributed by atoms with Crippen molar-refractivity contribution < 1.29 is 9.90 Å². The lowest BCUT2D eigenvalue weighted by molar-refractivity contribution is 0.0696. The molecular formula is C16H25NO2. The smallest absolute Gasteiger partial charge is 0.335 e. The molecular weight excluding hydrogens is 238 g/mol. The Labute approximate surface area is 116 Å². The summed E-state index contributed by atoms with van der Waals surface area (Å²) in [6.07, 6.45) is 3.63. The highest BCUT2D eigenvalue weighted by Crippen LogP contribution is 2.21. The molecule has 3 heteroatoms. The number of carbonyl (C=O) groups is 1. The van der Waals surface area contributed by atoms with Gasteiger partial charge in [0.1, 0.15) is 0 Å². The van der Waals surface area contributed by atoms with E-state index in [4.69, 9.17) is 5.11 Å². The molecule has 1 aromatic rings. The van der Waals surface area contributed by atoms with E-state index < -0.39 is 5.97 Å². The van der Waals surface area contributed by atoms with Crippen LogP contribution in [0.25, 0.3) is 0 Å². The van der Waals surface area contributed by atoms with Crippen LogP contribution in [0, 0.1) is 5.41 Å². The Bertz CT molecular complexity index is 407. The molecule has 19 heavy (non-hydrogen) atoms. The average molecular weight is 263 g/mol. The monoisotopic (exact) mass is 263 g/mol. The highest BCUT2D eigenvalue weighted by Gasteiger charge is 2.08. The van der Waals surface area contributed by atoms with Gasteiger partial charge in [-0.1, -0.05) is 39.3 Å². The van der Waals surface area contributed by atoms with Crippen molar-refractivity contribution in [2.75, 3.05) is 6.54 Å². The Hall–Kier alpha value is -1.35. The summed E-state index contributed by atoms with van der Waals surface area (Å²) >= 11 is 0. The zero-order valence-electron chi connectivity index (χ0n) is 12.2. The summed E-state index contributed by atoms with van der Waals surface area (Å²) in [6.45, 7) is 8.50. The van der Waals surface area contributed by atoms with Gasteiger partial charge in [0.05, 0.1) is 5.56 Å². The van der Waals surface area contributed by atoms with Gasteiger partial charge in [-0.15, -0.1) is 0 Å². The van der Waals surface area contributed by atoms with E-state index in [2.05, 4.69) is 26.1 Å². The van der Waals surface area contributed by atoms with E-state index >= 15 is 0 Å². The molecule has 0 spiro atoms. The van der Waals surface area contributed by atoms with E-state index in [9.17, 15) is 4.79 Å². The van der Waals surface area contributed by atoms with Crippen LogP contribution in [0.5, 0.6) is 0 Å². The minimum Gasteiger partial charge on any atom is -0.478 e. The minimum absolute atomic E-state index is 0.354.